The number of para-hydroxylation sites is 2. The van der Waals surface area contributed by atoms with Crippen LogP contribution < -0.4 is 15.0 Å². The van der Waals surface area contributed by atoms with Crippen LogP contribution in [0.1, 0.15) is 46.0 Å². The summed E-state index contributed by atoms with van der Waals surface area (Å²) in [5.74, 6) is 0.274. The van der Waals surface area contributed by atoms with Gasteiger partial charge in [0.25, 0.3) is 0 Å². The molecule has 1 aliphatic rings. The summed E-state index contributed by atoms with van der Waals surface area (Å²) in [5, 5.41) is 2.92. The number of nitrogens with zero attached hydrogens (tertiary/aromatic N) is 1. The maximum atomic E-state index is 12.3. The molecule has 0 unspecified atom stereocenters. The Balaban J connectivity index is 1.93. The molecule has 2 amide bonds. The summed E-state index contributed by atoms with van der Waals surface area (Å²) in [5.41, 5.74) is 2.05. The molecular weight excluding hydrogens is 316 g/mol. The number of anilines is 1. The van der Waals surface area contributed by atoms with E-state index < -0.39 is 0 Å². The Morgan fingerprint density at radius 3 is 2.72 bits per heavy atom. The predicted molar refractivity (Wildman–Crippen MR) is 99.8 cm³/mol. The number of benzene rings is 1. The molecule has 0 aromatic heterocycles. The number of hydrogen-bond acceptors (Lipinski definition) is 3. The fraction of sp³-hybridized carbons (Fsp3) is 0.500. The molecule has 1 N–H and O–H groups in total. The van der Waals surface area contributed by atoms with Gasteiger partial charge < -0.3 is 10.1 Å². The van der Waals surface area contributed by atoms with E-state index in [-0.39, 0.29) is 18.4 Å². The quantitative estimate of drug-likeness (QED) is 0.735. The van der Waals surface area contributed by atoms with Crippen molar-refractivity contribution in [1.82, 2.24) is 5.32 Å². The topological polar surface area (TPSA) is 58.6 Å². The van der Waals surface area contributed by atoms with Crippen molar-refractivity contribution in [2.75, 3.05) is 24.6 Å². The van der Waals surface area contributed by atoms with Crippen molar-refractivity contribution < 1.29 is 14.3 Å². The summed E-state index contributed by atoms with van der Waals surface area (Å²) in [7, 11) is 0. The van der Waals surface area contributed by atoms with E-state index >= 15 is 0 Å². The molecule has 0 atom stereocenters. The second-order valence-corrected chi connectivity index (χ2v) is 6.21. The summed E-state index contributed by atoms with van der Waals surface area (Å²) in [6, 6.07) is 7.29. The molecule has 1 aliphatic carbocycles. The zero-order valence-corrected chi connectivity index (χ0v) is 15.2. The fourth-order valence-electron chi connectivity index (χ4n) is 3.02. The van der Waals surface area contributed by atoms with Gasteiger partial charge >= 0.3 is 0 Å². The van der Waals surface area contributed by atoms with Gasteiger partial charge in [0.15, 0.2) is 0 Å². The first kappa shape index (κ1) is 19.0. The lowest BCUT2D eigenvalue weighted by Gasteiger charge is -2.23. The number of allylic oxidation sites excluding steroid dienone is 1. The van der Waals surface area contributed by atoms with Crippen molar-refractivity contribution >= 4 is 17.5 Å². The van der Waals surface area contributed by atoms with E-state index in [1.807, 2.05) is 25.1 Å². The normalized spacial score (nSPS) is 13.8. The minimum atomic E-state index is -0.183. The summed E-state index contributed by atoms with van der Waals surface area (Å²) in [6.45, 7) is 4.47. The van der Waals surface area contributed by atoms with Gasteiger partial charge in [-0.15, -0.1) is 0 Å². The van der Waals surface area contributed by atoms with Crippen molar-refractivity contribution in [3.05, 3.63) is 35.9 Å². The first-order valence-corrected chi connectivity index (χ1v) is 9.06. The van der Waals surface area contributed by atoms with Crippen molar-refractivity contribution in [2.24, 2.45) is 0 Å². The Morgan fingerprint density at radius 1 is 1.24 bits per heavy atom. The highest BCUT2D eigenvalue weighted by atomic mass is 16.5. The molecule has 1 aromatic carbocycles. The van der Waals surface area contributed by atoms with Gasteiger partial charge in [-0.25, -0.2) is 0 Å². The zero-order valence-electron chi connectivity index (χ0n) is 15.2. The molecule has 0 spiro atoms. The standard InChI is InChI=1S/C20H28N2O3/c1-3-25-19-12-8-7-11-18(19)22(16(2)23)15-20(24)21-14-13-17-9-5-4-6-10-17/h7-9,11-12H,3-6,10,13-15H2,1-2H3,(H,21,24). The molecule has 0 bridgehead atoms. The minimum absolute atomic E-state index is 0.00152. The molecule has 2 rings (SSSR count). The Bertz CT molecular complexity index is 625. The Hall–Kier alpha value is -2.30. The Labute approximate surface area is 150 Å². The molecule has 25 heavy (non-hydrogen) atoms. The van der Waals surface area contributed by atoms with Crippen LogP contribution in [0.4, 0.5) is 5.69 Å². The molecule has 0 heterocycles. The summed E-state index contributed by atoms with van der Waals surface area (Å²) < 4.78 is 5.58. The van der Waals surface area contributed by atoms with Crippen LogP contribution in [-0.2, 0) is 9.59 Å². The zero-order chi connectivity index (χ0) is 18.1. The third-order valence-electron chi connectivity index (χ3n) is 4.29. The average Bonchev–Trinajstić information content (AvgIpc) is 2.61. The van der Waals surface area contributed by atoms with E-state index in [0.717, 1.165) is 19.3 Å². The smallest absolute Gasteiger partial charge is 0.240 e. The van der Waals surface area contributed by atoms with Crippen molar-refractivity contribution in [1.29, 1.82) is 0 Å². The third-order valence-corrected chi connectivity index (χ3v) is 4.29. The average molecular weight is 344 g/mol. The predicted octanol–water partition coefficient (Wildman–Crippen LogP) is 3.44. The Kier molecular flexibility index (Phi) is 7.51. The van der Waals surface area contributed by atoms with E-state index in [1.54, 1.807) is 6.07 Å². The van der Waals surface area contributed by atoms with Gasteiger partial charge in [0, 0.05) is 13.5 Å². The number of rotatable bonds is 8. The van der Waals surface area contributed by atoms with Crippen molar-refractivity contribution in [3.8, 4) is 5.75 Å². The van der Waals surface area contributed by atoms with Gasteiger partial charge in [0.05, 0.1) is 12.3 Å². The monoisotopic (exact) mass is 344 g/mol. The molecule has 0 fully saturated rings. The van der Waals surface area contributed by atoms with Crippen LogP contribution >= 0.6 is 0 Å². The van der Waals surface area contributed by atoms with E-state index in [0.29, 0.717) is 24.6 Å². The Morgan fingerprint density at radius 2 is 2.04 bits per heavy atom. The van der Waals surface area contributed by atoms with Crippen LogP contribution in [0, 0.1) is 0 Å². The number of carbonyl (C=O) groups excluding carboxylic acids is 2. The summed E-state index contributed by atoms with van der Waals surface area (Å²) in [4.78, 5) is 25.8. The molecule has 0 radical (unpaired) electrons. The van der Waals surface area contributed by atoms with Gasteiger partial charge in [-0.05, 0) is 51.2 Å². The molecule has 5 heteroatoms. The van der Waals surface area contributed by atoms with E-state index in [9.17, 15) is 9.59 Å². The van der Waals surface area contributed by atoms with Crippen LogP contribution in [-0.4, -0.2) is 31.5 Å². The van der Waals surface area contributed by atoms with Gasteiger partial charge in [0.2, 0.25) is 11.8 Å². The molecule has 5 nitrogen and oxygen atoms in total. The van der Waals surface area contributed by atoms with Crippen LogP contribution in [0.25, 0.3) is 0 Å². The van der Waals surface area contributed by atoms with Gasteiger partial charge in [-0.3, -0.25) is 14.5 Å². The largest absolute Gasteiger partial charge is 0.492 e. The fourth-order valence-corrected chi connectivity index (χ4v) is 3.02. The number of hydrogen-bond donors (Lipinski definition) is 1. The maximum Gasteiger partial charge on any atom is 0.240 e. The second-order valence-electron chi connectivity index (χ2n) is 6.21. The lowest BCUT2D eigenvalue weighted by atomic mass is 9.97. The van der Waals surface area contributed by atoms with E-state index in [4.69, 9.17) is 4.74 Å². The van der Waals surface area contributed by atoms with Gasteiger partial charge in [-0.2, -0.15) is 0 Å². The van der Waals surface area contributed by atoms with Crippen molar-refractivity contribution in [3.63, 3.8) is 0 Å². The molecule has 136 valence electrons. The SMILES string of the molecule is CCOc1ccccc1N(CC(=O)NCCC1=CCCCC1)C(C)=O. The summed E-state index contributed by atoms with van der Waals surface area (Å²) in [6.07, 6.45) is 7.97. The molecule has 0 aliphatic heterocycles. The minimum Gasteiger partial charge on any atom is -0.492 e. The lowest BCUT2D eigenvalue weighted by Crippen LogP contribution is -2.40. The second kappa shape index (κ2) is 9.87. The van der Waals surface area contributed by atoms with Crippen LogP contribution in [0.5, 0.6) is 5.75 Å². The number of nitrogens with one attached hydrogen (secondary N) is 1. The van der Waals surface area contributed by atoms with E-state index in [1.165, 1.54) is 30.2 Å². The molecule has 0 saturated heterocycles. The maximum absolute atomic E-state index is 12.3. The first-order valence-electron chi connectivity index (χ1n) is 9.06. The number of carbonyl (C=O) groups is 2. The number of amides is 2. The molecule has 0 saturated carbocycles. The first-order chi connectivity index (χ1) is 12.1. The highest BCUT2D eigenvalue weighted by molar-refractivity contribution is 5.98. The van der Waals surface area contributed by atoms with Gasteiger partial charge in [0.1, 0.15) is 12.3 Å². The highest BCUT2D eigenvalue weighted by Gasteiger charge is 2.19. The lowest BCUT2D eigenvalue weighted by molar-refractivity contribution is -0.123. The van der Waals surface area contributed by atoms with Gasteiger partial charge in [-0.1, -0.05) is 23.8 Å². The van der Waals surface area contributed by atoms with E-state index in [2.05, 4.69) is 11.4 Å². The van der Waals surface area contributed by atoms with Crippen LogP contribution in [0.2, 0.25) is 0 Å². The van der Waals surface area contributed by atoms with Crippen LogP contribution in [0.3, 0.4) is 0 Å². The number of ether oxygens (including phenoxy) is 1. The van der Waals surface area contributed by atoms with Crippen LogP contribution in [0.15, 0.2) is 35.9 Å². The molecular formula is C20H28N2O3. The third kappa shape index (κ3) is 5.93. The highest BCUT2D eigenvalue weighted by Crippen LogP contribution is 2.28. The molecule has 1 aromatic rings. The van der Waals surface area contributed by atoms with Crippen molar-refractivity contribution in [2.45, 2.75) is 46.0 Å². The summed E-state index contributed by atoms with van der Waals surface area (Å²) >= 11 is 0.